The molecule has 2 aliphatic carbocycles. The molecule has 0 fully saturated rings. The second-order valence-corrected chi connectivity index (χ2v) is 9.95. The first-order valence-corrected chi connectivity index (χ1v) is 12.7. The number of primary amides is 1. The van der Waals surface area contributed by atoms with E-state index in [1.165, 1.54) is 24.0 Å². The Balaban J connectivity index is 1.68. The summed E-state index contributed by atoms with van der Waals surface area (Å²) in [6.07, 6.45) is 10.6. The number of nitrogens with two attached hydrogens (primary N) is 1. The number of carbonyl (C=O) groups is 2. The van der Waals surface area contributed by atoms with Crippen LogP contribution in [0.5, 0.6) is 0 Å². The van der Waals surface area contributed by atoms with Gasteiger partial charge in [-0.3, -0.25) is 9.59 Å². The number of amides is 1. The fourth-order valence-electron chi connectivity index (χ4n) is 5.41. The molecule has 6 nitrogen and oxygen atoms in total. The summed E-state index contributed by atoms with van der Waals surface area (Å²) in [6, 6.07) is 6.63. The molecule has 1 heterocycles. The van der Waals surface area contributed by atoms with Crippen LogP contribution >= 0.6 is 0 Å². The summed E-state index contributed by atoms with van der Waals surface area (Å²) in [5.41, 5.74) is 11.7. The summed E-state index contributed by atoms with van der Waals surface area (Å²) in [5, 5.41) is 11.8. The molecule has 0 spiro atoms. The summed E-state index contributed by atoms with van der Waals surface area (Å²) in [4.78, 5) is 30.4. The van der Waals surface area contributed by atoms with E-state index in [0.29, 0.717) is 37.0 Å². The van der Waals surface area contributed by atoms with E-state index in [-0.39, 0.29) is 11.5 Å². The highest BCUT2D eigenvalue weighted by Crippen LogP contribution is 2.33. The number of nitrogens with zero attached hydrogens (tertiary/aromatic N) is 1. The van der Waals surface area contributed by atoms with Crippen molar-refractivity contribution < 1.29 is 9.59 Å². The number of carbonyl (C=O) groups excluding carboxylic acids is 2. The van der Waals surface area contributed by atoms with Crippen molar-refractivity contribution in [3.63, 3.8) is 0 Å². The first-order valence-electron chi connectivity index (χ1n) is 12.7. The standard InChI is InChI=1S/C28H36N4O2/c1-3-6-18-12-14-23(29)25(28(30)34)27(33)22-9-5-10-24(32-26(18)22)31-21-13-11-20-15-17(2)7-4-8-19(20)16-21/h9,11,13,16-17,25,29H,3-8,10,12,14-15H2,1-2H3,(H2,30,34)(H,31,32). The van der Waals surface area contributed by atoms with Gasteiger partial charge in [0.25, 0.3) is 0 Å². The Hall–Kier alpha value is -3.02. The molecule has 180 valence electrons. The molecule has 0 radical (unpaired) electrons. The van der Waals surface area contributed by atoms with Crippen LogP contribution in [-0.2, 0) is 22.4 Å². The molecule has 2 atom stereocenters. The molecule has 0 saturated heterocycles. The van der Waals surface area contributed by atoms with Crippen molar-refractivity contribution >= 4 is 28.9 Å². The van der Waals surface area contributed by atoms with Crippen molar-refractivity contribution in [2.75, 3.05) is 5.32 Å². The number of hydrogen-bond acceptors (Lipinski definition) is 5. The fourth-order valence-corrected chi connectivity index (χ4v) is 5.41. The van der Waals surface area contributed by atoms with Crippen molar-refractivity contribution in [1.29, 1.82) is 5.41 Å². The van der Waals surface area contributed by atoms with Crippen molar-refractivity contribution in [3.05, 3.63) is 52.2 Å². The number of Topliss-reactive ketones (excluding diaryl/α,β-unsaturated/α-hetero) is 1. The van der Waals surface area contributed by atoms with E-state index in [1.54, 1.807) is 0 Å². The minimum atomic E-state index is -1.19. The van der Waals surface area contributed by atoms with E-state index >= 15 is 0 Å². The van der Waals surface area contributed by atoms with Crippen molar-refractivity contribution in [2.45, 2.75) is 78.1 Å². The lowest BCUT2D eigenvalue weighted by Crippen LogP contribution is -2.38. The number of allylic oxidation sites excluding steroid dienone is 3. The molecule has 4 rings (SSSR count). The van der Waals surface area contributed by atoms with Gasteiger partial charge in [-0.05, 0) is 79.7 Å². The number of nitrogens with one attached hydrogen (secondary N) is 2. The highest BCUT2D eigenvalue weighted by atomic mass is 16.2. The van der Waals surface area contributed by atoms with Gasteiger partial charge in [-0.15, -0.1) is 0 Å². The quantitative estimate of drug-likeness (QED) is 0.421. The van der Waals surface area contributed by atoms with Crippen LogP contribution in [-0.4, -0.2) is 23.2 Å². The molecule has 1 aromatic carbocycles. The number of benzene rings is 1. The minimum absolute atomic E-state index is 0.108. The van der Waals surface area contributed by atoms with Gasteiger partial charge in [-0.2, -0.15) is 0 Å². The summed E-state index contributed by atoms with van der Waals surface area (Å²) in [7, 11) is 0. The van der Waals surface area contributed by atoms with Crippen LogP contribution in [0.2, 0.25) is 0 Å². The molecule has 2 unspecified atom stereocenters. The van der Waals surface area contributed by atoms with Crippen molar-refractivity contribution in [1.82, 2.24) is 0 Å². The summed E-state index contributed by atoms with van der Waals surface area (Å²) in [6.45, 7) is 4.43. The number of amidine groups is 1. The van der Waals surface area contributed by atoms with Crippen LogP contribution in [0.3, 0.4) is 0 Å². The normalized spacial score (nSPS) is 23.5. The maximum absolute atomic E-state index is 13.3. The van der Waals surface area contributed by atoms with E-state index in [1.807, 2.05) is 6.08 Å². The van der Waals surface area contributed by atoms with Crippen molar-refractivity contribution in [2.24, 2.45) is 22.6 Å². The van der Waals surface area contributed by atoms with Gasteiger partial charge < -0.3 is 16.5 Å². The third-order valence-electron chi connectivity index (χ3n) is 7.18. The van der Waals surface area contributed by atoms with Gasteiger partial charge in [-0.1, -0.05) is 38.8 Å². The Morgan fingerprint density at radius 2 is 2.03 bits per heavy atom. The second-order valence-electron chi connectivity index (χ2n) is 9.95. The number of hydrogen-bond donors (Lipinski definition) is 3. The highest BCUT2D eigenvalue weighted by molar-refractivity contribution is 6.25. The lowest BCUT2D eigenvalue weighted by atomic mass is 9.82. The Morgan fingerprint density at radius 3 is 2.79 bits per heavy atom. The molecule has 0 saturated carbocycles. The van der Waals surface area contributed by atoms with Gasteiger partial charge in [0.15, 0.2) is 5.78 Å². The van der Waals surface area contributed by atoms with Gasteiger partial charge in [0.2, 0.25) is 5.91 Å². The van der Waals surface area contributed by atoms with Crippen molar-refractivity contribution in [3.8, 4) is 0 Å². The Labute approximate surface area is 202 Å². The zero-order valence-corrected chi connectivity index (χ0v) is 20.4. The number of aryl methyl sites for hydroxylation is 1. The molecule has 1 amide bonds. The molecular formula is C28H36N4O2. The summed E-state index contributed by atoms with van der Waals surface area (Å²) >= 11 is 0. The summed E-state index contributed by atoms with van der Waals surface area (Å²) < 4.78 is 0. The van der Waals surface area contributed by atoms with E-state index < -0.39 is 11.8 Å². The third kappa shape index (κ3) is 5.21. The molecule has 0 aromatic heterocycles. The largest absolute Gasteiger partial charge is 0.369 e. The van der Waals surface area contributed by atoms with Crippen LogP contribution in [0.1, 0.15) is 76.3 Å². The summed E-state index contributed by atoms with van der Waals surface area (Å²) in [5.74, 6) is -0.774. The van der Waals surface area contributed by atoms with Crippen LogP contribution < -0.4 is 11.1 Å². The second kappa shape index (κ2) is 10.5. The first-order chi connectivity index (χ1) is 16.4. The van der Waals surface area contributed by atoms with Gasteiger partial charge >= 0.3 is 0 Å². The maximum atomic E-state index is 13.3. The highest BCUT2D eigenvalue weighted by Gasteiger charge is 2.35. The third-order valence-corrected chi connectivity index (χ3v) is 7.18. The number of rotatable bonds is 4. The fraction of sp³-hybridized carbons (Fsp3) is 0.500. The van der Waals surface area contributed by atoms with E-state index in [2.05, 4.69) is 37.4 Å². The topological polar surface area (TPSA) is 108 Å². The molecule has 34 heavy (non-hydrogen) atoms. The smallest absolute Gasteiger partial charge is 0.234 e. The van der Waals surface area contributed by atoms with E-state index in [9.17, 15) is 9.59 Å². The molecule has 6 heteroatoms. The predicted octanol–water partition coefficient (Wildman–Crippen LogP) is 5.27. The first kappa shape index (κ1) is 24.1. The average Bonchev–Trinajstić information content (AvgIpc) is 3.10. The Morgan fingerprint density at radius 1 is 1.21 bits per heavy atom. The number of fused-ring (bicyclic) bond motifs is 2. The van der Waals surface area contributed by atoms with Crippen LogP contribution in [0.25, 0.3) is 0 Å². The van der Waals surface area contributed by atoms with E-state index in [4.69, 9.17) is 16.1 Å². The molecule has 0 bridgehead atoms. The van der Waals surface area contributed by atoms with Gasteiger partial charge in [0.05, 0.1) is 5.70 Å². The lowest BCUT2D eigenvalue weighted by molar-refractivity contribution is -0.127. The zero-order valence-electron chi connectivity index (χ0n) is 20.4. The molecule has 3 aliphatic rings. The average molecular weight is 461 g/mol. The number of aliphatic imine (C=N–C) groups is 1. The Kier molecular flexibility index (Phi) is 7.44. The lowest BCUT2D eigenvalue weighted by Gasteiger charge is -2.22. The molecule has 1 aromatic rings. The maximum Gasteiger partial charge on any atom is 0.234 e. The van der Waals surface area contributed by atoms with E-state index in [0.717, 1.165) is 48.7 Å². The SMILES string of the molecule is CCCC1=C2N=C(Nc3ccc4c(c3)CCCC(C)C4)CCC=C2C(=O)C(C(N)=O)C(=N)CC1. The van der Waals surface area contributed by atoms with Crippen LogP contribution in [0, 0.1) is 17.2 Å². The number of ketones is 1. The predicted molar refractivity (Wildman–Crippen MR) is 137 cm³/mol. The monoisotopic (exact) mass is 460 g/mol. The van der Waals surface area contributed by atoms with Gasteiger partial charge in [0, 0.05) is 23.4 Å². The van der Waals surface area contributed by atoms with Gasteiger partial charge in [0.1, 0.15) is 11.8 Å². The Bertz CT molecular complexity index is 1100. The molecular weight excluding hydrogens is 424 g/mol. The minimum Gasteiger partial charge on any atom is -0.369 e. The molecule has 1 aliphatic heterocycles. The zero-order chi connectivity index (χ0) is 24.2. The van der Waals surface area contributed by atoms with Crippen LogP contribution in [0.4, 0.5) is 5.69 Å². The molecule has 4 N–H and O–H groups in total. The van der Waals surface area contributed by atoms with Crippen LogP contribution in [0.15, 0.2) is 46.1 Å². The van der Waals surface area contributed by atoms with Gasteiger partial charge in [-0.25, -0.2) is 4.99 Å². The number of anilines is 1.